The van der Waals surface area contributed by atoms with E-state index in [1.807, 2.05) is 10.7 Å². The molecule has 0 unspecified atom stereocenters. The van der Waals surface area contributed by atoms with Crippen molar-refractivity contribution in [3.05, 3.63) is 52.5 Å². The molecule has 0 spiro atoms. The standard InChI is InChI=1S/C19H17ClF3N3O4/c1-10(11-4-7-15(29-2)16(8-11)30-3)25-26-18(28)17(27)24-14-9-12(19(21,22)23)5-6-13(14)20/h4-9H,1-3H3,(H,24,27)(H,26,28)/b25-10+. The van der Waals surface area contributed by atoms with Gasteiger partial charge in [-0.1, -0.05) is 11.6 Å². The average molecular weight is 444 g/mol. The average Bonchev–Trinajstić information content (AvgIpc) is 2.71. The Morgan fingerprint density at radius 2 is 1.67 bits per heavy atom. The molecule has 160 valence electrons. The maximum absolute atomic E-state index is 12.8. The molecule has 0 aliphatic carbocycles. The van der Waals surface area contributed by atoms with Crippen LogP contribution in [0.3, 0.4) is 0 Å². The van der Waals surface area contributed by atoms with Crippen LogP contribution in [-0.4, -0.2) is 31.7 Å². The number of benzene rings is 2. The lowest BCUT2D eigenvalue weighted by Gasteiger charge is -2.11. The lowest BCUT2D eigenvalue weighted by Crippen LogP contribution is -2.33. The third-order valence-electron chi connectivity index (χ3n) is 3.87. The number of anilines is 1. The second kappa shape index (κ2) is 9.49. The van der Waals surface area contributed by atoms with E-state index in [0.717, 1.165) is 12.1 Å². The van der Waals surface area contributed by atoms with Crippen molar-refractivity contribution in [1.82, 2.24) is 5.43 Å². The highest BCUT2D eigenvalue weighted by Gasteiger charge is 2.31. The van der Waals surface area contributed by atoms with Gasteiger partial charge in [0.15, 0.2) is 11.5 Å². The molecule has 0 heterocycles. The number of ether oxygens (including phenoxy) is 2. The second-order valence-electron chi connectivity index (χ2n) is 5.85. The fourth-order valence-corrected chi connectivity index (χ4v) is 2.45. The van der Waals surface area contributed by atoms with E-state index in [9.17, 15) is 22.8 Å². The first-order chi connectivity index (χ1) is 14.1. The van der Waals surface area contributed by atoms with Crippen molar-refractivity contribution in [1.29, 1.82) is 0 Å². The molecular weight excluding hydrogens is 427 g/mol. The van der Waals surface area contributed by atoms with Gasteiger partial charge in [0.25, 0.3) is 0 Å². The SMILES string of the molecule is COc1ccc(/C(C)=N/NC(=O)C(=O)Nc2cc(C(F)(F)F)ccc2Cl)cc1OC. The number of nitrogens with zero attached hydrogens (tertiary/aromatic N) is 1. The van der Waals surface area contributed by atoms with Crippen LogP contribution in [0.5, 0.6) is 11.5 Å². The van der Waals surface area contributed by atoms with Crippen molar-refractivity contribution >= 4 is 34.8 Å². The number of alkyl halides is 3. The minimum absolute atomic E-state index is 0.158. The van der Waals surface area contributed by atoms with E-state index in [-0.39, 0.29) is 10.7 Å². The number of hydrogen-bond acceptors (Lipinski definition) is 5. The van der Waals surface area contributed by atoms with Gasteiger partial charge in [-0.25, -0.2) is 5.43 Å². The summed E-state index contributed by atoms with van der Waals surface area (Å²) in [5, 5.41) is 5.69. The van der Waals surface area contributed by atoms with Crippen molar-refractivity contribution in [3.63, 3.8) is 0 Å². The third kappa shape index (κ3) is 5.63. The number of methoxy groups -OCH3 is 2. The molecule has 0 saturated heterocycles. The predicted octanol–water partition coefficient (Wildman–Crippen LogP) is 3.85. The molecule has 0 fully saturated rings. The van der Waals surface area contributed by atoms with Gasteiger partial charge >= 0.3 is 18.0 Å². The van der Waals surface area contributed by atoms with E-state index in [2.05, 4.69) is 5.10 Å². The van der Waals surface area contributed by atoms with Crippen molar-refractivity contribution in [2.24, 2.45) is 5.10 Å². The van der Waals surface area contributed by atoms with Crippen LogP contribution >= 0.6 is 11.6 Å². The van der Waals surface area contributed by atoms with Crippen LogP contribution in [0.4, 0.5) is 18.9 Å². The molecule has 2 aromatic carbocycles. The van der Waals surface area contributed by atoms with Crippen LogP contribution in [-0.2, 0) is 15.8 Å². The van der Waals surface area contributed by atoms with Gasteiger partial charge in [-0.2, -0.15) is 18.3 Å². The van der Waals surface area contributed by atoms with Crippen molar-refractivity contribution < 1.29 is 32.2 Å². The third-order valence-corrected chi connectivity index (χ3v) is 4.20. The summed E-state index contributed by atoms with van der Waals surface area (Å²) in [6.07, 6.45) is -4.63. The summed E-state index contributed by atoms with van der Waals surface area (Å²) in [6, 6.07) is 7.27. The number of amides is 2. The molecule has 2 amide bonds. The summed E-state index contributed by atoms with van der Waals surface area (Å²) < 4.78 is 48.7. The molecule has 2 rings (SSSR count). The highest BCUT2D eigenvalue weighted by Crippen LogP contribution is 2.33. The first kappa shape index (κ1) is 23.0. The largest absolute Gasteiger partial charge is 0.493 e. The number of nitrogens with one attached hydrogen (secondary N) is 2. The van der Waals surface area contributed by atoms with E-state index in [1.54, 1.807) is 25.1 Å². The molecular formula is C19H17ClF3N3O4. The Labute approximate surface area is 174 Å². The maximum Gasteiger partial charge on any atom is 0.416 e. The zero-order valence-electron chi connectivity index (χ0n) is 16.1. The quantitative estimate of drug-likeness (QED) is 0.417. The topological polar surface area (TPSA) is 89.0 Å². The van der Waals surface area contributed by atoms with Crippen molar-refractivity contribution in [3.8, 4) is 11.5 Å². The van der Waals surface area contributed by atoms with Crippen LogP contribution in [0.1, 0.15) is 18.1 Å². The fourth-order valence-electron chi connectivity index (χ4n) is 2.29. The highest BCUT2D eigenvalue weighted by atomic mass is 35.5. The van der Waals surface area contributed by atoms with Crippen LogP contribution in [0.2, 0.25) is 5.02 Å². The summed E-state index contributed by atoms with van der Waals surface area (Å²) in [5.41, 5.74) is 1.57. The molecule has 0 aromatic heterocycles. The van der Waals surface area contributed by atoms with Gasteiger partial charge in [0, 0.05) is 5.56 Å². The van der Waals surface area contributed by atoms with E-state index in [4.69, 9.17) is 21.1 Å². The molecule has 0 saturated carbocycles. The Hall–Kier alpha value is -3.27. The Morgan fingerprint density at radius 1 is 1.00 bits per heavy atom. The molecule has 30 heavy (non-hydrogen) atoms. The van der Waals surface area contributed by atoms with Crippen LogP contribution in [0.15, 0.2) is 41.5 Å². The number of hydrogen-bond donors (Lipinski definition) is 2. The van der Waals surface area contributed by atoms with Gasteiger partial charge < -0.3 is 14.8 Å². The number of rotatable bonds is 5. The summed E-state index contributed by atoms with van der Waals surface area (Å²) in [4.78, 5) is 23.9. The molecule has 2 aromatic rings. The Balaban J connectivity index is 2.10. The molecule has 0 aliphatic heterocycles. The first-order valence-electron chi connectivity index (χ1n) is 8.31. The summed E-state index contributed by atoms with van der Waals surface area (Å²) in [7, 11) is 2.94. The molecule has 0 bridgehead atoms. The highest BCUT2D eigenvalue weighted by molar-refractivity contribution is 6.41. The smallest absolute Gasteiger partial charge is 0.416 e. The summed E-state index contributed by atoms with van der Waals surface area (Å²) in [6.45, 7) is 1.57. The molecule has 0 atom stereocenters. The summed E-state index contributed by atoms with van der Waals surface area (Å²) >= 11 is 5.79. The monoisotopic (exact) mass is 443 g/mol. The lowest BCUT2D eigenvalue weighted by molar-refractivity contribution is -0.137. The Kier molecular flexibility index (Phi) is 7.28. The van der Waals surface area contributed by atoms with Crippen LogP contribution in [0, 0.1) is 0 Å². The van der Waals surface area contributed by atoms with E-state index in [0.29, 0.717) is 28.8 Å². The molecule has 0 radical (unpaired) electrons. The maximum atomic E-state index is 12.8. The second-order valence-corrected chi connectivity index (χ2v) is 6.26. The molecule has 2 N–H and O–H groups in total. The minimum atomic E-state index is -4.63. The van der Waals surface area contributed by atoms with Gasteiger partial charge in [-0.05, 0) is 43.3 Å². The normalized spacial score (nSPS) is 11.6. The molecule has 11 heteroatoms. The fraction of sp³-hybridized carbons (Fsp3) is 0.211. The number of carbonyl (C=O) groups is 2. The molecule has 7 nitrogen and oxygen atoms in total. The lowest BCUT2D eigenvalue weighted by atomic mass is 10.1. The minimum Gasteiger partial charge on any atom is -0.493 e. The van der Waals surface area contributed by atoms with Gasteiger partial charge in [0.1, 0.15) is 0 Å². The van der Waals surface area contributed by atoms with Gasteiger partial charge in [0.05, 0.1) is 36.2 Å². The number of hydrazone groups is 1. The molecule has 0 aliphatic rings. The Morgan fingerprint density at radius 3 is 2.27 bits per heavy atom. The van der Waals surface area contributed by atoms with Crippen LogP contribution in [0.25, 0.3) is 0 Å². The zero-order chi connectivity index (χ0) is 22.5. The van der Waals surface area contributed by atoms with Gasteiger partial charge in [-0.15, -0.1) is 0 Å². The number of halogens is 4. The predicted molar refractivity (Wildman–Crippen MR) is 105 cm³/mol. The summed E-state index contributed by atoms with van der Waals surface area (Å²) in [5.74, 6) is -1.49. The first-order valence-corrected chi connectivity index (χ1v) is 8.69. The number of carbonyl (C=O) groups excluding carboxylic acids is 2. The van der Waals surface area contributed by atoms with Crippen molar-refractivity contribution in [2.45, 2.75) is 13.1 Å². The van der Waals surface area contributed by atoms with Crippen LogP contribution < -0.4 is 20.2 Å². The zero-order valence-corrected chi connectivity index (χ0v) is 16.8. The van der Waals surface area contributed by atoms with E-state index >= 15 is 0 Å². The van der Waals surface area contributed by atoms with Crippen molar-refractivity contribution in [2.75, 3.05) is 19.5 Å². The Bertz CT molecular complexity index is 993. The van der Waals surface area contributed by atoms with Gasteiger partial charge in [-0.3, -0.25) is 9.59 Å². The van der Waals surface area contributed by atoms with E-state index < -0.39 is 23.6 Å². The van der Waals surface area contributed by atoms with E-state index in [1.165, 1.54) is 14.2 Å². The van der Waals surface area contributed by atoms with Gasteiger partial charge in [0.2, 0.25) is 0 Å².